The number of benzene rings is 1. The number of hydrogen-bond donors (Lipinski definition) is 2. The molecule has 1 aromatic rings. The van der Waals surface area contributed by atoms with Crippen molar-refractivity contribution in [2.45, 2.75) is 39.7 Å². The Kier molecular flexibility index (Phi) is 4.15. The van der Waals surface area contributed by atoms with Crippen LogP contribution in [0.2, 0.25) is 0 Å². The van der Waals surface area contributed by atoms with Gasteiger partial charge in [0.25, 0.3) is 0 Å². The minimum Gasteiger partial charge on any atom is -0.392 e. The molecule has 0 spiro atoms. The summed E-state index contributed by atoms with van der Waals surface area (Å²) in [5, 5.41) is 12.5. The second-order valence-corrected chi connectivity index (χ2v) is 4.46. The highest BCUT2D eigenvalue weighted by Crippen LogP contribution is 2.22. The predicted octanol–water partition coefficient (Wildman–Crippen LogP) is 2.91. The third kappa shape index (κ3) is 3.56. The summed E-state index contributed by atoms with van der Waals surface area (Å²) in [6.07, 6.45) is -0.313. The highest BCUT2D eigenvalue weighted by atomic mass is 16.3. The molecular formula is C13H21NO. The van der Waals surface area contributed by atoms with Gasteiger partial charge in [-0.15, -0.1) is 0 Å². The van der Waals surface area contributed by atoms with Crippen LogP contribution in [0.1, 0.15) is 37.8 Å². The molecule has 2 N–H and O–H groups in total. The van der Waals surface area contributed by atoms with Crippen molar-refractivity contribution in [2.75, 3.05) is 11.9 Å². The molecule has 1 atom stereocenters. The van der Waals surface area contributed by atoms with Gasteiger partial charge < -0.3 is 10.4 Å². The first-order valence-electron chi connectivity index (χ1n) is 5.53. The van der Waals surface area contributed by atoms with Crippen molar-refractivity contribution >= 4 is 5.69 Å². The SMILES string of the molecule is Cc1ccc(C(C)C)cc1NCC(C)O. The van der Waals surface area contributed by atoms with Crippen LogP contribution in [0.15, 0.2) is 18.2 Å². The average molecular weight is 207 g/mol. The van der Waals surface area contributed by atoms with E-state index in [1.54, 1.807) is 6.92 Å². The highest BCUT2D eigenvalue weighted by molar-refractivity contribution is 5.53. The zero-order valence-electron chi connectivity index (χ0n) is 10.0. The van der Waals surface area contributed by atoms with E-state index in [2.05, 4.69) is 44.3 Å². The van der Waals surface area contributed by atoms with Gasteiger partial charge in [-0.25, -0.2) is 0 Å². The Hall–Kier alpha value is -1.02. The highest BCUT2D eigenvalue weighted by Gasteiger charge is 2.04. The van der Waals surface area contributed by atoms with Crippen LogP contribution in [0.4, 0.5) is 5.69 Å². The van der Waals surface area contributed by atoms with E-state index in [1.807, 2.05) is 0 Å². The normalized spacial score (nSPS) is 12.9. The largest absolute Gasteiger partial charge is 0.392 e. The molecule has 1 unspecified atom stereocenters. The topological polar surface area (TPSA) is 32.3 Å². The molecule has 0 heterocycles. The molecule has 0 aromatic heterocycles. The molecule has 1 rings (SSSR count). The molecule has 2 nitrogen and oxygen atoms in total. The Bertz CT molecular complexity index is 318. The molecule has 0 fully saturated rings. The summed E-state index contributed by atoms with van der Waals surface area (Å²) in [5.74, 6) is 0.540. The monoisotopic (exact) mass is 207 g/mol. The third-order valence-corrected chi connectivity index (χ3v) is 2.52. The number of hydrogen-bond acceptors (Lipinski definition) is 2. The van der Waals surface area contributed by atoms with Gasteiger partial charge in [0, 0.05) is 12.2 Å². The molecule has 0 aliphatic carbocycles. The van der Waals surface area contributed by atoms with Crippen LogP contribution < -0.4 is 5.32 Å². The fourth-order valence-electron chi connectivity index (χ4n) is 1.45. The van der Waals surface area contributed by atoms with Gasteiger partial charge in [-0.05, 0) is 37.0 Å². The van der Waals surface area contributed by atoms with E-state index in [4.69, 9.17) is 0 Å². The van der Waals surface area contributed by atoms with Crippen LogP contribution in [-0.2, 0) is 0 Å². The summed E-state index contributed by atoms with van der Waals surface area (Å²) in [4.78, 5) is 0. The van der Waals surface area contributed by atoms with Crippen LogP contribution in [0.25, 0.3) is 0 Å². The molecule has 2 heteroatoms. The molecule has 0 amide bonds. The molecular weight excluding hydrogens is 186 g/mol. The van der Waals surface area contributed by atoms with Gasteiger partial charge >= 0.3 is 0 Å². The van der Waals surface area contributed by atoms with E-state index < -0.39 is 0 Å². The summed E-state index contributed by atoms with van der Waals surface area (Å²) in [5.41, 5.74) is 3.68. The van der Waals surface area contributed by atoms with Gasteiger partial charge in [-0.2, -0.15) is 0 Å². The van der Waals surface area contributed by atoms with Gasteiger partial charge in [0.2, 0.25) is 0 Å². The van der Waals surface area contributed by atoms with Crippen LogP contribution in [-0.4, -0.2) is 17.8 Å². The van der Waals surface area contributed by atoms with E-state index in [-0.39, 0.29) is 6.10 Å². The molecule has 1 aromatic carbocycles. The van der Waals surface area contributed by atoms with E-state index in [9.17, 15) is 5.11 Å². The lowest BCUT2D eigenvalue weighted by Crippen LogP contribution is -2.16. The molecule has 0 saturated heterocycles. The van der Waals surface area contributed by atoms with Crippen molar-refractivity contribution in [1.29, 1.82) is 0 Å². The Morgan fingerprint density at radius 2 is 1.93 bits per heavy atom. The summed E-state index contributed by atoms with van der Waals surface area (Å²) in [7, 11) is 0. The van der Waals surface area contributed by atoms with Crippen LogP contribution in [0, 0.1) is 6.92 Å². The van der Waals surface area contributed by atoms with Crippen LogP contribution >= 0.6 is 0 Å². The van der Waals surface area contributed by atoms with Gasteiger partial charge in [0.1, 0.15) is 0 Å². The Morgan fingerprint density at radius 3 is 2.47 bits per heavy atom. The van der Waals surface area contributed by atoms with Gasteiger partial charge in [-0.1, -0.05) is 26.0 Å². The first-order valence-corrected chi connectivity index (χ1v) is 5.53. The first kappa shape index (κ1) is 12.1. The minimum absolute atomic E-state index is 0.313. The molecule has 84 valence electrons. The number of aryl methyl sites for hydroxylation is 1. The molecule has 0 radical (unpaired) electrons. The summed E-state index contributed by atoms with van der Waals surface area (Å²) < 4.78 is 0. The van der Waals surface area contributed by atoms with Crippen molar-refractivity contribution in [2.24, 2.45) is 0 Å². The molecule has 0 saturated carbocycles. The van der Waals surface area contributed by atoms with Crippen molar-refractivity contribution in [3.8, 4) is 0 Å². The number of aliphatic hydroxyl groups is 1. The van der Waals surface area contributed by atoms with Crippen LogP contribution in [0.5, 0.6) is 0 Å². The quantitative estimate of drug-likeness (QED) is 0.795. The smallest absolute Gasteiger partial charge is 0.0684 e. The lowest BCUT2D eigenvalue weighted by atomic mass is 10.0. The Morgan fingerprint density at radius 1 is 1.27 bits per heavy atom. The predicted molar refractivity (Wildman–Crippen MR) is 65.4 cm³/mol. The van der Waals surface area contributed by atoms with E-state index >= 15 is 0 Å². The first-order chi connectivity index (χ1) is 7.00. The number of anilines is 1. The zero-order chi connectivity index (χ0) is 11.4. The van der Waals surface area contributed by atoms with E-state index in [0.29, 0.717) is 12.5 Å². The lowest BCUT2D eigenvalue weighted by Gasteiger charge is -2.14. The zero-order valence-corrected chi connectivity index (χ0v) is 10.0. The molecule has 15 heavy (non-hydrogen) atoms. The fraction of sp³-hybridized carbons (Fsp3) is 0.538. The third-order valence-electron chi connectivity index (χ3n) is 2.52. The standard InChI is InChI=1S/C13H21NO/c1-9(2)12-6-5-10(3)13(7-12)14-8-11(4)15/h5-7,9,11,14-15H,8H2,1-4H3. The van der Waals surface area contributed by atoms with Crippen LogP contribution in [0.3, 0.4) is 0 Å². The molecule has 0 bridgehead atoms. The van der Waals surface area contributed by atoms with E-state index in [1.165, 1.54) is 11.1 Å². The fourth-order valence-corrected chi connectivity index (χ4v) is 1.45. The van der Waals surface area contributed by atoms with Gasteiger partial charge in [0.05, 0.1) is 6.10 Å². The second kappa shape index (κ2) is 5.17. The number of aliphatic hydroxyl groups excluding tert-OH is 1. The number of rotatable bonds is 4. The summed E-state index contributed by atoms with van der Waals surface area (Å²) >= 11 is 0. The Labute approximate surface area is 92.3 Å². The maximum absolute atomic E-state index is 9.22. The average Bonchev–Trinajstić information content (AvgIpc) is 2.16. The molecule has 0 aliphatic rings. The van der Waals surface area contributed by atoms with Crippen molar-refractivity contribution in [1.82, 2.24) is 0 Å². The van der Waals surface area contributed by atoms with Crippen molar-refractivity contribution in [3.63, 3.8) is 0 Å². The Balaban J connectivity index is 2.81. The molecule has 0 aliphatic heterocycles. The number of nitrogens with one attached hydrogen (secondary N) is 1. The van der Waals surface area contributed by atoms with Crippen molar-refractivity contribution < 1.29 is 5.11 Å². The van der Waals surface area contributed by atoms with E-state index in [0.717, 1.165) is 5.69 Å². The summed E-state index contributed by atoms with van der Waals surface area (Å²) in [6, 6.07) is 6.45. The second-order valence-electron chi connectivity index (χ2n) is 4.46. The van der Waals surface area contributed by atoms with Crippen molar-refractivity contribution in [3.05, 3.63) is 29.3 Å². The van der Waals surface area contributed by atoms with Gasteiger partial charge in [-0.3, -0.25) is 0 Å². The summed E-state index contributed by atoms with van der Waals surface area (Å²) in [6.45, 7) is 8.83. The van der Waals surface area contributed by atoms with Gasteiger partial charge in [0.15, 0.2) is 0 Å². The maximum atomic E-state index is 9.22. The minimum atomic E-state index is -0.313. The maximum Gasteiger partial charge on any atom is 0.0684 e. The lowest BCUT2D eigenvalue weighted by molar-refractivity contribution is 0.208.